The summed E-state index contributed by atoms with van der Waals surface area (Å²) in [7, 11) is 0. The number of benzene rings is 3. The van der Waals surface area contributed by atoms with Crippen molar-refractivity contribution in [1.82, 2.24) is 20.5 Å². The average Bonchev–Trinajstić information content (AvgIpc) is 3.76. The van der Waals surface area contributed by atoms with Crippen molar-refractivity contribution in [2.75, 3.05) is 0 Å². The van der Waals surface area contributed by atoms with Crippen LogP contribution in [0.5, 0.6) is 0 Å². The number of hydrogen-bond donors (Lipinski definition) is 2. The number of nitrogens with zero attached hydrogens (tertiary/aromatic N) is 3. The number of hydrogen-bond acceptors (Lipinski definition) is 8. The second-order valence-corrected chi connectivity index (χ2v) is 11.6. The van der Waals surface area contributed by atoms with Crippen LogP contribution >= 0.6 is 0 Å². The molecule has 2 N–H and O–H groups in total. The number of furan rings is 1. The van der Waals surface area contributed by atoms with Crippen molar-refractivity contribution in [1.29, 1.82) is 0 Å². The van der Waals surface area contributed by atoms with E-state index in [9.17, 15) is 29.3 Å². The summed E-state index contributed by atoms with van der Waals surface area (Å²) in [6, 6.07) is 25.3. The molecule has 4 amide bonds. The predicted molar refractivity (Wildman–Crippen MR) is 173 cm³/mol. The van der Waals surface area contributed by atoms with Crippen LogP contribution in [-0.2, 0) is 22.7 Å². The van der Waals surface area contributed by atoms with E-state index in [1.165, 1.54) is 17.0 Å². The number of carbonyl (C=O) groups excluding carboxylic acids is 4. The van der Waals surface area contributed by atoms with Gasteiger partial charge in [0.1, 0.15) is 11.7 Å². The van der Waals surface area contributed by atoms with E-state index in [4.69, 9.17) is 9.40 Å². The second kappa shape index (κ2) is 12.4. The minimum atomic E-state index is -0.688. The van der Waals surface area contributed by atoms with Crippen molar-refractivity contribution in [2.24, 2.45) is 0 Å². The Morgan fingerprint density at radius 2 is 1.69 bits per heavy atom. The molecule has 1 atom stereocenters. The van der Waals surface area contributed by atoms with Crippen molar-refractivity contribution in [2.45, 2.75) is 32.0 Å². The highest BCUT2D eigenvalue weighted by atomic mass is 16.6. The highest BCUT2D eigenvalue weighted by Crippen LogP contribution is 2.32. The van der Waals surface area contributed by atoms with Gasteiger partial charge in [-0.3, -0.25) is 34.6 Å². The number of imide groups is 1. The van der Waals surface area contributed by atoms with Gasteiger partial charge in [0.25, 0.3) is 17.5 Å². The zero-order chi connectivity index (χ0) is 33.4. The van der Waals surface area contributed by atoms with Crippen molar-refractivity contribution in [3.8, 4) is 33.8 Å². The molecule has 12 heteroatoms. The number of fused-ring (bicyclic) bond motifs is 1. The van der Waals surface area contributed by atoms with Crippen LogP contribution in [0, 0.1) is 10.1 Å². The summed E-state index contributed by atoms with van der Waals surface area (Å²) in [5.74, 6) is -0.799. The van der Waals surface area contributed by atoms with Gasteiger partial charge in [0.2, 0.25) is 11.8 Å². The molecule has 7 rings (SSSR count). The van der Waals surface area contributed by atoms with Crippen LogP contribution in [0.3, 0.4) is 0 Å². The number of nitro groups is 1. The maximum Gasteiger partial charge on any atom is 0.269 e. The minimum absolute atomic E-state index is 0.0175. The quantitative estimate of drug-likeness (QED) is 0.131. The molecule has 238 valence electrons. The molecule has 0 saturated carbocycles. The number of carbonyl (C=O) groups is 4. The number of amides is 4. The molecule has 4 heterocycles. The van der Waals surface area contributed by atoms with Gasteiger partial charge in [0, 0.05) is 48.3 Å². The van der Waals surface area contributed by atoms with Gasteiger partial charge in [-0.15, -0.1) is 0 Å². The first kappa shape index (κ1) is 30.2. The number of nitrogens with one attached hydrogen (secondary N) is 2. The Labute approximate surface area is 273 Å². The normalized spacial score (nSPS) is 15.6. The molecule has 5 aromatic rings. The van der Waals surface area contributed by atoms with Gasteiger partial charge in [-0.05, 0) is 83.3 Å². The maximum atomic E-state index is 13.2. The lowest BCUT2D eigenvalue weighted by Crippen LogP contribution is -2.52. The lowest BCUT2D eigenvalue weighted by atomic mass is 10.00. The van der Waals surface area contributed by atoms with Gasteiger partial charge in [-0.25, -0.2) is 4.98 Å². The van der Waals surface area contributed by atoms with Crippen LogP contribution in [0.4, 0.5) is 5.69 Å². The van der Waals surface area contributed by atoms with E-state index >= 15 is 0 Å². The van der Waals surface area contributed by atoms with E-state index in [-0.39, 0.29) is 42.9 Å². The molecule has 1 saturated heterocycles. The SMILES string of the molecule is O=C1CCC(N2Cc3ccc(CNC(=O)c4ccc(-c5cc(-c6ccc([N+](=O)[O-])cc6)nc(-c6ccco6)c5)cc4)cc3C2=O)C(=O)N1. The highest BCUT2D eigenvalue weighted by molar-refractivity contribution is 6.05. The third kappa shape index (κ3) is 5.94. The standard InChI is InChI=1S/C36H27N5O7/c42-33-14-13-31(35(44)39-33)40-20-25-4-3-21(16-28(25)36(40)45)19-37-34(43)24-7-5-22(6-8-24)26-17-29(23-9-11-27(12-10-23)41(46)47)38-30(18-26)32-2-1-15-48-32/h1-12,15-18,31H,13-14,19-20H2,(H,37,43)(H,39,42,44). The molecule has 1 fully saturated rings. The molecule has 0 aliphatic carbocycles. The van der Waals surface area contributed by atoms with E-state index in [1.54, 1.807) is 48.7 Å². The molecule has 0 radical (unpaired) electrons. The van der Waals surface area contributed by atoms with Gasteiger partial charge >= 0.3 is 0 Å². The predicted octanol–water partition coefficient (Wildman–Crippen LogP) is 5.27. The van der Waals surface area contributed by atoms with Crippen LogP contribution in [0.1, 0.15) is 44.7 Å². The molecule has 2 aliphatic heterocycles. The van der Waals surface area contributed by atoms with Gasteiger partial charge in [0.05, 0.1) is 16.9 Å². The molecule has 12 nitrogen and oxygen atoms in total. The van der Waals surface area contributed by atoms with Gasteiger partial charge in [-0.2, -0.15) is 0 Å². The second-order valence-electron chi connectivity index (χ2n) is 11.6. The lowest BCUT2D eigenvalue weighted by Gasteiger charge is -2.29. The first-order chi connectivity index (χ1) is 23.2. The molecule has 3 aromatic carbocycles. The summed E-state index contributed by atoms with van der Waals surface area (Å²) in [6.45, 7) is 0.476. The van der Waals surface area contributed by atoms with Crippen LogP contribution < -0.4 is 10.6 Å². The van der Waals surface area contributed by atoms with Crippen molar-refractivity contribution >= 4 is 29.3 Å². The molecule has 0 spiro atoms. The van der Waals surface area contributed by atoms with Gasteiger partial charge in [-0.1, -0.05) is 24.3 Å². The third-order valence-electron chi connectivity index (χ3n) is 8.50. The number of pyridine rings is 1. The van der Waals surface area contributed by atoms with E-state index in [2.05, 4.69) is 10.6 Å². The number of piperidine rings is 1. The highest BCUT2D eigenvalue weighted by Gasteiger charge is 2.39. The van der Waals surface area contributed by atoms with Crippen molar-refractivity contribution in [3.05, 3.63) is 130 Å². The summed E-state index contributed by atoms with van der Waals surface area (Å²) in [6.07, 6.45) is 2.03. The summed E-state index contributed by atoms with van der Waals surface area (Å²) in [4.78, 5) is 67.0. The monoisotopic (exact) mass is 641 g/mol. The van der Waals surface area contributed by atoms with E-state index in [1.807, 2.05) is 36.4 Å². The zero-order valence-electron chi connectivity index (χ0n) is 25.3. The van der Waals surface area contributed by atoms with Crippen LogP contribution in [0.25, 0.3) is 33.8 Å². The number of nitro benzene ring substituents is 1. The van der Waals surface area contributed by atoms with Crippen molar-refractivity contribution in [3.63, 3.8) is 0 Å². The van der Waals surface area contributed by atoms with E-state index in [0.717, 1.165) is 22.3 Å². The molecule has 48 heavy (non-hydrogen) atoms. The Morgan fingerprint density at radius 1 is 0.938 bits per heavy atom. The van der Waals surface area contributed by atoms with Crippen LogP contribution in [-0.4, -0.2) is 44.5 Å². The first-order valence-electron chi connectivity index (χ1n) is 15.2. The van der Waals surface area contributed by atoms with Crippen LogP contribution in [0.2, 0.25) is 0 Å². The summed E-state index contributed by atoms with van der Waals surface area (Å²) in [5.41, 5.74) is 5.94. The average molecular weight is 642 g/mol. The van der Waals surface area contributed by atoms with E-state index in [0.29, 0.717) is 40.3 Å². The fourth-order valence-corrected chi connectivity index (χ4v) is 5.96. The van der Waals surface area contributed by atoms with Gasteiger partial charge < -0.3 is 14.6 Å². The third-order valence-corrected chi connectivity index (χ3v) is 8.50. The summed E-state index contributed by atoms with van der Waals surface area (Å²) in [5, 5.41) is 16.3. The Hall–Kier alpha value is -6.43. The Bertz CT molecular complexity index is 2090. The molecule has 2 aliphatic rings. The van der Waals surface area contributed by atoms with E-state index < -0.39 is 16.9 Å². The zero-order valence-corrected chi connectivity index (χ0v) is 25.3. The number of non-ortho nitro benzene ring substituents is 1. The Kier molecular flexibility index (Phi) is 7.81. The smallest absolute Gasteiger partial charge is 0.269 e. The van der Waals surface area contributed by atoms with Crippen molar-refractivity contribution < 1.29 is 28.5 Å². The molecule has 0 bridgehead atoms. The molecular weight excluding hydrogens is 614 g/mol. The molecule has 2 aromatic heterocycles. The Morgan fingerprint density at radius 3 is 2.40 bits per heavy atom. The fraction of sp³-hybridized carbons (Fsp3) is 0.139. The lowest BCUT2D eigenvalue weighted by molar-refractivity contribution is -0.384. The maximum absolute atomic E-state index is 13.2. The largest absolute Gasteiger partial charge is 0.463 e. The topological polar surface area (TPSA) is 165 Å². The summed E-state index contributed by atoms with van der Waals surface area (Å²) >= 11 is 0. The first-order valence-corrected chi connectivity index (χ1v) is 15.2. The van der Waals surface area contributed by atoms with Gasteiger partial charge in [0.15, 0.2) is 5.76 Å². The van der Waals surface area contributed by atoms with Crippen LogP contribution in [0.15, 0.2) is 102 Å². The fourth-order valence-electron chi connectivity index (χ4n) is 5.96. The number of aromatic nitrogens is 1. The molecule has 1 unspecified atom stereocenters. The molecular formula is C36H27N5O7. The minimum Gasteiger partial charge on any atom is -0.463 e. The Balaban J connectivity index is 1.05. The summed E-state index contributed by atoms with van der Waals surface area (Å²) < 4.78 is 5.58. The number of rotatable bonds is 8.